The summed E-state index contributed by atoms with van der Waals surface area (Å²) in [5, 5.41) is 20.8. The SMILES string of the molecule is C[C@]12CC[C@H]3[C@@H]([C@@H](O)CC4C=C(O)C=C[C@@]43C)[C@@H]1CC[C@@H]2N. The highest BCUT2D eigenvalue weighted by Gasteiger charge is 2.60. The van der Waals surface area contributed by atoms with Gasteiger partial charge in [-0.3, -0.25) is 0 Å². The van der Waals surface area contributed by atoms with Crippen molar-refractivity contribution in [1.82, 2.24) is 0 Å². The van der Waals surface area contributed by atoms with Crippen LogP contribution < -0.4 is 5.73 Å². The Hall–Kier alpha value is -0.800. The molecule has 4 aliphatic rings. The third-order valence-corrected chi connectivity index (χ3v) is 7.93. The van der Waals surface area contributed by atoms with Crippen LogP contribution in [-0.4, -0.2) is 22.4 Å². The quantitative estimate of drug-likeness (QED) is 0.644. The van der Waals surface area contributed by atoms with E-state index in [1.54, 1.807) is 0 Å². The summed E-state index contributed by atoms with van der Waals surface area (Å²) in [5.41, 5.74) is 6.72. The van der Waals surface area contributed by atoms with Gasteiger partial charge in [-0.2, -0.15) is 0 Å². The van der Waals surface area contributed by atoms with Gasteiger partial charge in [0, 0.05) is 6.04 Å². The zero-order valence-electron chi connectivity index (χ0n) is 13.7. The molecule has 0 aromatic rings. The summed E-state index contributed by atoms with van der Waals surface area (Å²) in [5.74, 6) is 2.05. The van der Waals surface area contributed by atoms with Crippen LogP contribution in [0.25, 0.3) is 0 Å². The highest BCUT2D eigenvalue weighted by Crippen LogP contribution is 2.64. The van der Waals surface area contributed by atoms with Crippen molar-refractivity contribution < 1.29 is 10.2 Å². The second kappa shape index (κ2) is 4.61. The average Bonchev–Trinajstić information content (AvgIpc) is 2.77. The number of aliphatic hydroxyl groups excluding tert-OH is 2. The summed E-state index contributed by atoms with van der Waals surface area (Å²) in [6.45, 7) is 4.69. The Morgan fingerprint density at radius 1 is 1.18 bits per heavy atom. The first-order valence-corrected chi connectivity index (χ1v) is 8.90. The van der Waals surface area contributed by atoms with Gasteiger partial charge in [0.15, 0.2) is 0 Å². The number of fused-ring (bicyclic) bond motifs is 5. The van der Waals surface area contributed by atoms with Gasteiger partial charge in [0.25, 0.3) is 0 Å². The second-order valence-corrected chi connectivity index (χ2v) is 8.72. The summed E-state index contributed by atoms with van der Waals surface area (Å²) in [6, 6.07) is 0.294. The summed E-state index contributed by atoms with van der Waals surface area (Å²) in [4.78, 5) is 0. The van der Waals surface area contributed by atoms with Crippen LogP contribution in [0, 0.1) is 34.5 Å². The van der Waals surface area contributed by atoms with Crippen molar-refractivity contribution in [3.05, 3.63) is 24.0 Å². The van der Waals surface area contributed by atoms with E-state index in [0.717, 1.165) is 19.3 Å². The van der Waals surface area contributed by atoms with Crippen molar-refractivity contribution in [3.63, 3.8) is 0 Å². The Morgan fingerprint density at radius 2 is 1.95 bits per heavy atom. The van der Waals surface area contributed by atoms with Crippen LogP contribution in [0.2, 0.25) is 0 Å². The zero-order valence-corrected chi connectivity index (χ0v) is 13.7. The van der Waals surface area contributed by atoms with Crippen molar-refractivity contribution in [3.8, 4) is 0 Å². The van der Waals surface area contributed by atoms with Gasteiger partial charge in [-0.15, -0.1) is 0 Å². The van der Waals surface area contributed by atoms with Gasteiger partial charge in [-0.25, -0.2) is 0 Å². The maximum Gasteiger partial charge on any atom is 0.111 e. The molecule has 4 rings (SSSR count). The van der Waals surface area contributed by atoms with Crippen molar-refractivity contribution in [2.75, 3.05) is 0 Å². The molecule has 3 saturated carbocycles. The molecule has 22 heavy (non-hydrogen) atoms. The topological polar surface area (TPSA) is 66.5 Å². The van der Waals surface area contributed by atoms with Crippen LogP contribution in [0.15, 0.2) is 24.0 Å². The molecule has 0 saturated heterocycles. The zero-order chi connectivity index (χ0) is 15.7. The maximum atomic E-state index is 10.9. The fraction of sp³-hybridized carbons (Fsp3) is 0.789. The molecule has 8 atom stereocenters. The molecule has 4 N–H and O–H groups in total. The second-order valence-electron chi connectivity index (χ2n) is 8.72. The van der Waals surface area contributed by atoms with E-state index in [1.807, 2.05) is 12.2 Å². The van der Waals surface area contributed by atoms with Crippen molar-refractivity contribution in [2.45, 2.75) is 58.1 Å². The van der Waals surface area contributed by atoms with E-state index in [0.29, 0.717) is 29.6 Å². The third-order valence-electron chi connectivity index (χ3n) is 7.93. The van der Waals surface area contributed by atoms with Gasteiger partial charge < -0.3 is 15.9 Å². The fourth-order valence-electron chi connectivity index (χ4n) is 6.47. The highest BCUT2D eigenvalue weighted by atomic mass is 16.3. The minimum atomic E-state index is -0.256. The molecule has 0 heterocycles. The Morgan fingerprint density at radius 3 is 2.73 bits per heavy atom. The molecule has 0 radical (unpaired) electrons. The van der Waals surface area contributed by atoms with Gasteiger partial charge >= 0.3 is 0 Å². The largest absolute Gasteiger partial charge is 0.508 e. The van der Waals surface area contributed by atoms with Crippen LogP contribution in [0.5, 0.6) is 0 Å². The van der Waals surface area contributed by atoms with E-state index in [2.05, 4.69) is 19.9 Å². The number of rotatable bonds is 0. The van der Waals surface area contributed by atoms with E-state index >= 15 is 0 Å². The first-order valence-electron chi connectivity index (χ1n) is 8.90. The van der Waals surface area contributed by atoms with Crippen molar-refractivity contribution in [2.24, 2.45) is 40.2 Å². The first-order chi connectivity index (χ1) is 10.4. The number of hydrogen-bond donors (Lipinski definition) is 3. The van der Waals surface area contributed by atoms with Crippen molar-refractivity contribution in [1.29, 1.82) is 0 Å². The molecule has 3 nitrogen and oxygen atoms in total. The van der Waals surface area contributed by atoms with Gasteiger partial charge in [0.05, 0.1) is 6.10 Å². The Labute approximate surface area is 133 Å². The molecule has 3 heteroatoms. The van der Waals surface area contributed by atoms with E-state index in [1.165, 1.54) is 12.8 Å². The maximum absolute atomic E-state index is 10.9. The third kappa shape index (κ3) is 1.75. The predicted molar refractivity (Wildman–Crippen MR) is 87.1 cm³/mol. The minimum Gasteiger partial charge on any atom is -0.508 e. The van der Waals surface area contributed by atoms with Crippen LogP contribution in [0.4, 0.5) is 0 Å². The highest BCUT2D eigenvalue weighted by molar-refractivity contribution is 5.27. The lowest BCUT2D eigenvalue weighted by molar-refractivity contribution is -0.124. The van der Waals surface area contributed by atoms with Crippen LogP contribution in [0.1, 0.15) is 46.0 Å². The van der Waals surface area contributed by atoms with Crippen LogP contribution in [-0.2, 0) is 0 Å². The van der Waals surface area contributed by atoms with Gasteiger partial charge in [0.1, 0.15) is 5.76 Å². The van der Waals surface area contributed by atoms with E-state index in [4.69, 9.17) is 5.73 Å². The Balaban J connectivity index is 1.72. The van der Waals surface area contributed by atoms with Crippen LogP contribution in [0.3, 0.4) is 0 Å². The average molecular weight is 303 g/mol. The van der Waals surface area contributed by atoms with Crippen molar-refractivity contribution >= 4 is 0 Å². The monoisotopic (exact) mass is 303 g/mol. The molecule has 122 valence electrons. The van der Waals surface area contributed by atoms with Crippen LogP contribution >= 0.6 is 0 Å². The molecule has 0 aliphatic heterocycles. The molecular weight excluding hydrogens is 274 g/mol. The molecule has 0 spiro atoms. The van der Waals surface area contributed by atoms with Gasteiger partial charge in [-0.1, -0.05) is 19.9 Å². The smallest absolute Gasteiger partial charge is 0.111 e. The fourth-order valence-corrected chi connectivity index (χ4v) is 6.47. The Bertz CT molecular complexity index is 542. The van der Waals surface area contributed by atoms with E-state index in [-0.39, 0.29) is 22.9 Å². The number of hydrogen-bond acceptors (Lipinski definition) is 3. The molecule has 0 amide bonds. The molecule has 1 unspecified atom stereocenters. The first kappa shape index (κ1) is 14.8. The molecular formula is C19H29NO2. The standard InChI is InChI=1S/C19H29NO2/c1-18-7-5-12(21)9-11(18)10-15(22)17-13-3-4-16(20)19(13,2)8-6-14(17)18/h5,7,9,11,13-17,21-22H,3-4,6,8,10,20H2,1-2H3/t11?,13-,14-,15-,16-,17-,18-,19-/m0/s1. The lowest BCUT2D eigenvalue weighted by atomic mass is 9.46. The summed E-state index contributed by atoms with van der Waals surface area (Å²) in [6.07, 6.45) is 11.2. The van der Waals surface area contributed by atoms with Gasteiger partial charge in [0.2, 0.25) is 0 Å². The minimum absolute atomic E-state index is 0.0736. The molecule has 3 fully saturated rings. The van der Waals surface area contributed by atoms with E-state index in [9.17, 15) is 10.2 Å². The number of allylic oxidation sites excluding steroid dienone is 3. The van der Waals surface area contributed by atoms with Gasteiger partial charge in [-0.05, 0) is 78.8 Å². The molecule has 4 aliphatic carbocycles. The summed E-state index contributed by atoms with van der Waals surface area (Å²) >= 11 is 0. The normalized spacial score (nSPS) is 56.8. The Kier molecular flexibility index (Phi) is 3.09. The van der Waals surface area contributed by atoms with E-state index < -0.39 is 0 Å². The summed E-state index contributed by atoms with van der Waals surface area (Å²) in [7, 11) is 0. The lowest BCUT2D eigenvalue weighted by Crippen LogP contribution is -2.57. The lowest BCUT2D eigenvalue weighted by Gasteiger charge is -2.59. The number of aliphatic hydroxyl groups is 2. The molecule has 0 aromatic heterocycles. The molecule has 0 aromatic carbocycles. The summed E-state index contributed by atoms with van der Waals surface area (Å²) < 4.78 is 0. The predicted octanol–water partition coefficient (Wildman–Crippen LogP) is 3.16. The number of nitrogens with two attached hydrogens (primary N) is 1. The molecule has 0 bridgehead atoms.